The van der Waals surface area contributed by atoms with E-state index < -0.39 is 0 Å². The summed E-state index contributed by atoms with van der Waals surface area (Å²) in [7, 11) is 1.79. The fraction of sp³-hybridized carbons (Fsp3) is 0.400. The van der Waals surface area contributed by atoms with Crippen LogP contribution in [-0.4, -0.2) is 31.6 Å². The van der Waals surface area contributed by atoms with Gasteiger partial charge in [-0.2, -0.15) is 15.0 Å². The molecule has 6 heteroatoms. The Hall–Kier alpha value is -1.98. The highest BCUT2D eigenvalue weighted by atomic mass is 15.2. The zero-order valence-electron chi connectivity index (χ0n) is 9.55. The first kappa shape index (κ1) is 10.5. The Morgan fingerprint density at radius 3 is 2.62 bits per heavy atom. The van der Waals surface area contributed by atoms with Crippen molar-refractivity contribution >= 4 is 5.95 Å². The number of hydrogen-bond acceptors (Lipinski definition) is 5. The summed E-state index contributed by atoms with van der Waals surface area (Å²) >= 11 is 0. The van der Waals surface area contributed by atoms with E-state index in [-0.39, 0.29) is 5.92 Å². The van der Waals surface area contributed by atoms with Gasteiger partial charge in [0.15, 0.2) is 0 Å². The summed E-state index contributed by atoms with van der Waals surface area (Å²) in [6.07, 6.45) is 5.16. The van der Waals surface area contributed by atoms with E-state index in [1.165, 1.54) is 0 Å². The lowest BCUT2D eigenvalue weighted by Gasteiger charge is -2.08. The van der Waals surface area contributed by atoms with Crippen LogP contribution >= 0.6 is 0 Å². The molecule has 0 aliphatic carbocycles. The van der Waals surface area contributed by atoms with Crippen LogP contribution in [0.3, 0.4) is 0 Å². The van der Waals surface area contributed by atoms with Crippen LogP contribution in [0.15, 0.2) is 18.7 Å². The average Bonchev–Trinajstić information content (AvgIpc) is 2.81. The van der Waals surface area contributed by atoms with Gasteiger partial charge in [0, 0.05) is 25.4 Å². The summed E-state index contributed by atoms with van der Waals surface area (Å²) in [5.41, 5.74) is 0. The van der Waals surface area contributed by atoms with E-state index in [4.69, 9.17) is 0 Å². The molecule has 2 aromatic rings. The normalized spacial score (nSPS) is 10.8. The van der Waals surface area contributed by atoms with Crippen LogP contribution < -0.4 is 5.32 Å². The molecule has 2 heterocycles. The fourth-order valence-electron chi connectivity index (χ4n) is 1.24. The van der Waals surface area contributed by atoms with Gasteiger partial charge in [-0.3, -0.25) is 4.57 Å². The highest BCUT2D eigenvalue weighted by Gasteiger charge is 2.09. The minimum atomic E-state index is 0.261. The van der Waals surface area contributed by atoms with Crippen LogP contribution in [0.25, 0.3) is 5.95 Å². The van der Waals surface area contributed by atoms with E-state index in [9.17, 15) is 0 Å². The third-order valence-electron chi connectivity index (χ3n) is 2.12. The topological polar surface area (TPSA) is 68.5 Å². The quantitative estimate of drug-likeness (QED) is 0.839. The van der Waals surface area contributed by atoms with E-state index >= 15 is 0 Å². The maximum atomic E-state index is 4.38. The molecule has 16 heavy (non-hydrogen) atoms. The molecule has 2 aromatic heterocycles. The van der Waals surface area contributed by atoms with Crippen molar-refractivity contribution in [1.82, 2.24) is 24.5 Å². The first-order valence-corrected chi connectivity index (χ1v) is 5.12. The van der Waals surface area contributed by atoms with Crippen molar-refractivity contribution in [2.24, 2.45) is 0 Å². The monoisotopic (exact) mass is 218 g/mol. The molecule has 0 spiro atoms. The van der Waals surface area contributed by atoms with Crippen LogP contribution in [0.2, 0.25) is 0 Å². The Morgan fingerprint density at radius 2 is 2.06 bits per heavy atom. The van der Waals surface area contributed by atoms with Crippen molar-refractivity contribution in [2.45, 2.75) is 19.8 Å². The fourth-order valence-corrected chi connectivity index (χ4v) is 1.24. The smallest absolute Gasteiger partial charge is 0.239 e. The predicted molar refractivity (Wildman–Crippen MR) is 60.6 cm³/mol. The van der Waals surface area contributed by atoms with Gasteiger partial charge in [0.2, 0.25) is 11.9 Å². The molecule has 0 atom stereocenters. The third-order valence-corrected chi connectivity index (χ3v) is 2.12. The summed E-state index contributed by atoms with van der Waals surface area (Å²) < 4.78 is 1.76. The molecule has 2 rings (SSSR count). The molecule has 0 aromatic carbocycles. The van der Waals surface area contributed by atoms with Crippen molar-refractivity contribution in [3.63, 3.8) is 0 Å². The molecule has 0 saturated carbocycles. The van der Waals surface area contributed by atoms with Gasteiger partial charge in [0.05, 0.1) is 0 Å². The molecule has 84 valence electrons. The molecule has 0 amide bonds. The highest BCUT2D eigenvalue weighted by molar-refractivity contribution is 5.28. The maximum Gasteiger partial charge on any atom is 0.239 e. The van der Waals surface area contributed by atoms with Gasteiger partial charge in [-0.15, -0.1) is 0 Å². The summed E-state index contributed by atoms with van der Waals surface area (Å²) in [5, 5.41) is 2.93. The predicted octanol–water partition coefficient (Wildman–Crippen LogP) is 1.22. The standard InChI is InChI=1S/C10H14N6/c1-7(2)8-13-9(11-3)15-10(14-8)16-5-4-12-6-16/h4-7H,1-3H3,(H,11,13,14,15). The zero-order valence-corrected chi connectivity index (χ0v) is 9.55. The number of aromatic nitrogens is 5. The zero-order chi connectivity index (χ0) is 11.5. The lowest BCUT2D eigenvalue weighted by atomic mass is 10.2. The van der Waals surface area contributed by atoms with Gasteiger partial charge in [0.1, 0.15) is 12.2 Å². The molecule has 0 fully saturated rings. The Kier molecular flexibility index (Phi) is 2.80. The summed E-state index contributed by atoms with van der Waals surface area (Å²) in [6.45, 7) is 4.10. The van der Waals surface area contributed by atoms with Crippen molar-refractivity contribution < 1.29 is 0 Å². The van der Waals surface area contributed by atoms with Crippen LogP contribution in [0.4, 0.5) is 5.95 Å². The second-order valence-corrected chi connectivity index (χ2v) is 3.69. The summed E-state index contributed by atoms with van der Waals surface area (Å²) in [4.78, 5) is 16.9. The first-order chi connectivity index (χ1) is 7.70. The van der Waals surface area contributed by atoms with E-state index in [1.54, 1.807) is 30.3 Å². The van der Waals surface area contributed by atoms with Crippen molar-refractivity contribution in [2.75, 3.05) is 12.4 Å². The molecule has 6 nitrogen and oxygen atoms in total. The van der Waals surface area contributed by atoms with E-state index in [1.807, 2.05) is 13.8 Å². The molecule has 0 saturated heterocycles. The van der Waals surface area contributed by atoms with E-state index in [0.29, 0.717) is 11.9 Å². The van der Waals surface area contributed by atoms with Gasteiger partial charge in [-0.25, -0.2) is 4.98 Å². The third kappa shape index (κ3) is 2.00. The number of anilines is 1. The molecular formula is C10H14N6. The molecule has 1 N–H and O–H groups in total. The van der Waals surface area contributed by atoms with Gasteiger partial charge in [-0.1, -0.05) is 13.8 Å². The number of hydrogen-bond donors (Lipinski definition) is 1. The lowest BCUT2D eigenvalue weighted by molar-refractivity contribution is 0.743. The van der Waals surface area contributed by atoms with Crippen molar-refractivity contribution in [1.29, 1.82) is 0 Å². The van der Waals surface area contributed by atoms with E-state index in [2.05, 4.69) is 25.3 Å². The molecule has 0 radical (unpaired) electrons. The van der Waals surface area contributed by atoms with Gasteiger partial charge >= 0.3 is 0 Å². The van der Waals surface area contributed by atoms with Crippen LogP contribution in [0.1, 0.15) is 25.6 Å². The maximum absolute atomic E-state index is 4.38. The molecule has 0 bridgehead atoms. The Morgan fingerprint density at radius 1 is 1.25 bits per heavy atom. The van der Waals surface area contributed by atoms with Gasteiger partial charge < -0.3 is 5.32 Å². The van der Waals surface area contributed by atoms with Crippen LogP contribution in [0.5, 0.6) is 0 Å². The SMILES string of the molecule is CNc1nc(C(C)C)nc(-n2ccnc2)n1. The van der Waals surface area contributed by atoms with Gasteiger partial charge in [0.25, 0.3) is 0 Å². The van der Waals surface area contributed by atoms with Crippen LogP contribution in [-0.2, 0) is 0 Å². The second kappa shape index (κ2) is 4.26. The van der Waals surface area contributed by atoms with Crippen molar-refractivity contribution in [3.8, 4) is 5.95 Å². The number of nitrogens with zero attached hydrogens (tertiary/aromatic N) is 5. The number of imidazole rings is 1. The largest absolute Gasteiger partial charge is 0.357 e. The van der Waals surface area contributed by atoms with Gasteiger partial charge in [-0.05, 0) is 0 Å². The lowest BCUT2D eigenvalue weighted by Crippen LogP contribution is -2.09. The Labute approximate surface area is 93.8 Å². The van der Waals surface area contributed by atoms with Crippen molar-refractivity contribution in [3.05, 3.63) is 24.5 Å². The number of nitrogens with one attached hydrogen (secondary N) is 1. The minimum Gasteiger partial charge on any atom is -0.357 e. The van der Waals surface area contributed by atoms with E-state index in [0.717, 1.165) is 5.82 Å². The summed E-state index contributed by atoms with van der Waals surface area (Å²) in [5.74, 6) is 2.18. The Bertz CT molecular complexity index is 462. The molecule has 0 aliphatic rings. The molecule has 0 unspecified atom stereocenters. The summed E-state index contributed by atoms with van der Waals surface area (Å²) in [6, 6.07) is 0. The second-order valence-electron chi connectivity index (χ2n) is 3.69. The molecular weight excluding hydrogens is 204 g/mol. The average molecular weight is 218 g/mol. The number of rotatable bonds is 3. The first-order valence-electron chi connectivity index (χ1n) is 5.12. The molecule has 0 aliphatic heterocycles. The van der Waals surface area contributed by atoms with Crippen LogP contribution in [0, 0.1) is 0 Å². The highest BCUT2D eigenvalue weighted by Crippen LogP contribution is 2.12. The Balaban J connectivity index is 2.49. The minimum absolute atomic E-state index is 0.261.